The molecule has 0 saturated carbocycles. The number of hydrogen-bond donors (Lipinski definition) is 2. The molecule has 0 saturated heterocycles. The third kappa shape index (κ3) is 3.11. The molecule has 0 aliphatic carbocycles. The topological polar surface area (TPSA) is 74.6 Å². The molecule has 78 valence electrons. The van der Waals surface area contributed by atoms with E-state index >= 15 is 0 Å². The normalized spacial score (nSPS) is 10.5. The van der Waals surface area contributed by atoms with Crippen molar-refractivity contribution in [3.8, 4) is 0 Å². The molecule has 0 bridgehead atoms. The molecule has 4 nitrogen and oxygen atoms in total. The van der Waals surface area contributed by atoms with Gasteiger partial charge in [0.05, 0.1) is 10.6 Å². The number of carboxylic acid groups (broad SMARTS) is 2. The summed E-state index contributed by atoms with van der Waals surface area (Å²) in [4.78, 5) is 20.8. The maximum Gasteiger partial charge on any atom is 0.337 e. The van der Waals surface area contributed by atoms with Crippen LogP contribution in [0, 0.1) is 0 Å². The Hall–Kier alpha value is -1.81. The number of rotatable bonds is 3. The lowest BCUT2D eigenvalue weighted by Gasteiger charge is -1.99. The van der Waals surface area contributed by atoms with E-state index in [-0.39, 0.29) is 10.6 Å². The molecule has 0 atom stereocenters. The highest BCUT2D eigenvalue weighted by Gasteiger charge is 2.07. The summed E-state index contributed by atoms with van der Waals surface area (Å²) < 4.78 is 0. The van der Waals surface area contributed by atoms with Gasteiger partial charge < -0.3 is 10.2 Å². The molecule has 0 aromatic heterocycles. The Labute approximate surface area is 90.4 Å². The first-order valence-corrected chi connectivity index (χ1v) is 4.32. The number of carboxylic acids is 2. The minimum Gasteiger partial charge on any atom is -0.478 e. The Morgan fingerprint density at radius 2 is 1.93 bits per heavy atom. The molecule has 2 N–H and O–H groups in total. The minimum absolute atomic E-state index is 0.0101. The number of aromatic carboxylic acids is 1. The molecule has 15 heavy (non-hydrogen) atoms. The Bertz CT molecular complexity index is 437. The van der Waals surface area contributed by atoms with Crippen LogP contribution >= 0.6 is 11.6 Å². The van der Waals surface area contributed by atoms with Gasteiger partial charge in [-0.3, -0.25) is 0 Å². The average molecular weight is 227 g/mol. The lowest BCUT2D eigenvalue weighted by atomic mass is 10.1. The molecule has 0 fully saturated rings. The van der Waals surface area contributed by atoms with Gasteiger partial charge in [0, 0.05) is 6.08 Å². The molecule has 1 aromatic carbocycles. The molecule has 0 aliphatic heterocycles. The van der Waals surface area contributed by atoms with Crippen LogP contribution in [0.15, 0.2) is 24.3 Å². The van der Waals surface area contributed by atoms with E-state index in [1.807, 2.05) is 0 Å². The predicted molar refractivity (Wildman–Crippen MR) is 55.1 cm³/mol. The molecule has 0 heterocycles. The summed E-state index contributed by atoms with van der Waals surface area (Å²) in [5.41, 5.74) is 0.525. The van der Waals surface area contributed by atoms with Crippen molar-refractivity contribution in [3.05, 3.63) is 40.4 Å². The summed E-state index contributed by atoms with van der Waals surface area (Å²) in [5.74, 6) is -2.19. The van der Waals surface area contributed by atoms with E-state index in [1.54, 1.807) is 0 Å². The van der Waals surface area contributed by atoms with Crippen LogP contribution < -0.4 is 0 Å². The summed E-state index contributed by atoms with van der Waals surface area (Å²) in [6, 6.07) is 4.20. The standard InChI is InChI=1S/C10H7ClO4/c11-8-5-6(2-4-9(12)13)1-3-7(8)10(14)15/h1-5H,(H,12,13)(H,14,15). The monoisotopic (exact) mass is 226 g/mol. The second-order valence-electron chi connectivity index (χ2n) is 2.72. The highest BCUT2D eigenvalue weighted by molar-refractivity contribution is 6.33. The molecule has 1 rings (SSSR count). The second-order valence-corrected chi connectivity index (χ2v) is 3.12. The molecule has 0 radical (unpaired) electrons. The zero-order valence-electron chi connectivity index (χ0n) is 7.48. The number of aliphatic carboxylic acids is 1. The number of benzene rings is 1. The van der Waals surface area contributed by atoms with Crippen molar-refractivity contribution in [3.63, 3.8) is 0 Å². The Morgan fingerprint density at radius 3 is 2.40 bits per heavy atom. The van der Waals surface area contributed by atoms with E-state index in [4.69, 9.17) is 21.8 Å². The van der Waals surface area contributed by atoms with Crippen molar-refractivity contribution < 1.29 is 19.8 Å². The van der Waals surface area contributed by atoms with Crippen LogP contribution in [-0.4, -0.2) is 22.2 Å². The SMILES string of the molecule is O=C(O)C=Cc1ccc(C(=O)O)c(Cl)c1. The number of hydrogen-bond acceptors (Lipinski definition) is 2. The summed E-state index contributed by atoms with van der Waals surface area (Å²) >= 11 is 5.68. The van der Waals surface area contributed by atoms with E-state index in [1.165, 1.54) is 24.3 Å². The van der Waals surface area contributed by atoms with Crippen LogP contribution in [0.3, 0.4) is 0 Å². The lowest BCUT2D eigenvalue weighted by Crippen LogP contribution is -1.97. The van der Waals surface area contributed by atoms with Crippen LogP contribution in [0.1, 0.15) is 15.9 Å². The molecule has 1 aromatic rings. The maximum absolute atomic E-state index is 10.6. The Morgan fingerprint density at radius 1 is 1.27 bits per heavy atom. The Balaban J connectivity index is 3.01. The van der Waals surface area contributed by atoms with Gasteiger partial charge in [-0.1, -0.05) is 17.7 Å². The van der Waals surface area contributed by atoms with E-state index in [0.717, 1.165) is 6.08 Å². The average Bonchev–Trinajstić information content (AvgIpc) is 2.14. The van der Waals surface area contributed by atoms with Gasteiger partial charge in [0.2, 0.25) is 0 Å². The fourth-order valence-electron chi connectivity index (χ4n) is 0.976. The van der Waals surface area contributed by atoms with Crippen LogP contribution in [0.25, 0.3) is 6.08 Å². The first kappa shape index (κ1) is 11.3. The zero-order valence-corrected chi connectivity index (χ0v) is 8.23. The Kier molecular flexibility index (Phi) is 3.46. The summed E-state index contributed by atoms with van der Waals surface area (Å²) in [6.07, 6.45) is 2.28. The lowest BCUT2D eigenvalue weighted by molar-refractivity contribution is -0.131. The van der Waals surface area contributed by atoms with Gasteiger partial charge in [0.15, 0.2) is 0 Å². The van der Waals surface area contributed by atoms with Crippen LogP contribution in [-0.2, 0) is 4.79 Å². The molecule has 0 amide bonds. The molecule has 5 heteroatoms. The van der Waals surface area contributed by atoms with Crippen molar-refractivity contribution in [2.75, 3.05) is 0 Å². The first-order chi connectivity index (χ1) is 7.00. The first-order valence-electron chi connectivity index (χ1n) is 3.94. The molecular weight excluding hydrogens is 220 g/mol. The number of halogens is 1. The van der Waals surface area contributed by atoms with E-state index in [0.29, 0.717) is 5.56 Å². The van der Waals surface area contributed by atoms with Crippen LogP contribution in [0.5, 0.6) is 0 Å². The van der Waals surface area contributed by atoms with E-state index in [2.05, 4.69) is 0 Å². The molecule has 0 unspecified atom stereocenters. The van der Waals surface area contributed by atoms with Gasteiger partial charge in [0.25, 0.3) is 0 Å². The smallest absolute Gasteiger partial charge is 0.337 e. The van der Waals surface area contributed by atoms with Crippen molar-refractivity contribution in [1.82, 2.24) is 0 Å². The highest BCUT2D eigenvalue weighted by atomic mass is 35.5. The minimum atomic E-state index is -1.12. The predicted octanol–water partition coefficient (Wildman–Crippen LogP) is 2.14. The third-order valence-electron chi connectivity index (χ3n) is 1.64. The number of carbonyl (C=O) groups is 2. The van der Waals surface area contributed by atoms with Crippen molar-refractivity contribution >= 4 is 29.6 Å². The van der Waals surface area contributed by atoms with Crippen molar-refractivity contribution in [1.29, 1.82) is 0 Å². The molecular formula is C10H7ClO4. The van der Waals surface area contributed by atoms with Crippen LogP contribution in [0.4, 0.5) is 0 Å². The van der Waals surface area contributed by atoms with Gasteiger partial charge in [-0.05, 0) is 23.8 Å². The van der Waals surface area contributed by atoms with Gasteiger partial charge in [0.1, 0.15) is 0 Å². The van der Waals surface area contributed by atoms with Crippen LogP contribution in [0.2, 0.25) is 5.02 Å². The second kappa shape index (κ2) is 4.61. The van der Waals surface area contributed by atoms with Gasteiger partial charge in [-0.15, -0.1) is 0 Å². The summed E-state index contributed by atoms with van der Waals surface area (Å²) in [7, 11) is 0. The summed E-state index contributed by atoms with van der Waals surface area (Å²) in [6.45, 7) is 0. The largest absolute Gasteiger partial charge is 0.478 e. The van der Waals surface area contributed by atoms with Gasteiger partial charge >= 0.3 is 11.9 Å². The van der Waals surface area contributed by atoms with Gasteiger partial charge in [-0.25, -0.2) is 9.59 Å². The fourth-order valence-corrected chi connectivity index (χ4v) is 1.25. The maximum atomic E-state index is 10.6. The fraction of sp³-hybridized carbons (Fsp3) is 0. The molecule has 0 aliphatic rings. The zero-order chi connectivity index (χ0) is 11.4. The van der Waals surface area contributed by atoms with E-state index in [9.17, 15) is 9.59 Å². The van der Waals surface area contributed by atoms with Gasteiger partial charge in [-0.2, -0.15) is 0 Å². The molecule has 0 spiro atoms. The van der Waals surface area contributed by atoms with Crippen molar-refractivity contribution in [2.45, 2.75) is 0 Å². The third-order valence-corrected chi connectivity index (χ3v) is 1.95. The van der Waals surface area contributed by atoms with Crippen molar-refractivity contribution in [2.24, 2.45) is 0 Å². The highest BCUT2D eigenvalue weighted by Crippen LogP contribution is 2.18. The quantitative estimate of drug-likeness (QED) is 0.775. The summed E-state index contributed by atoms with van der Waals surface area (Å²) in [5, 5.41) is 17.1. The van der Waals surface area contributed by atoms with E-state index < -0.39 is 11.9 Å².